The summed E-state index contributed by atoms with van der Waals surface area (Å²) in [7, 11) is -3.68. The maximum atomic E-state index is 13.1. The molecule has 2 aromatic carbocycles. The summed E-state index contributed by atoms with van der Waals surface area (Å²) >= 11 is 0. The van der Waals surface area contributed by atoms with Gasteiger partial charge in [-0.15, -0.1) is 0 Å². The van der Waals surface area contributed by atoms with E-state index in [0.29, 0.717) is 36.6 Å². The smallest absolute Gasteiger partial charge is 0.264 e. The molecule has 0 spiro atoms. The lowest BCUT2D eigenvalue weighted by Crippen LogP contribution is -2.38. The third-order valence-corrected chi connectivity index (χ3v) is 6.06. The molecule has 0 saturated heterocycles. The number of rotatable bonds is 2. The number of sulfonamides is 1. The first kappa shape index (κ1) is 15.0. The predicted molar refractivity (Wildman–Crippen MR) is 89.9 cm³/mol. The molecular formula is C17H16N2O4S. The number of anilines is 2. The fraction of sp³-hybridized carbons (Fsp3) is 0.235. The second-order valence-electron chi connectivity index (χ2n) is 5.76. The molecule has 0 atom stereocenters. The number of benzene rings is 2. The van der Waals surface area contributed by atoms with E-state index in [1.54, 1.807) is 30.3 Å². The van der Waals surface area contributed by atoms with Gasteiger partial charge < -0.3 is 10.1 Å². The van der Waals surface area contributed by atoms with Crippen molar-refractivity contribution in [2.24, 2.45) is 0 Å². The molecular weight excluding hydrogens is 328 g/mol. The summed E-state index contributed by atoms with van der Waals surface area (Å²) in [4.78, 5) is 11.7. The lowest BCUT2D eigenvalue weighted by molar-refractivity contribution is -0.116. The van der Waals surface area contributed by atoms with Crippen LogP contribution in [0.3, 0.4) is 0 Å². The SMILES string of the molecule is O=C1CCc2cc(S(=O)(=O)N3CCOc4ccccc43)ccc2N1. The second-order valence-corrected chi connectivity index (χ2v) is 7.62. The van der Waals surface area contributed by atoms with Crippen LogP contribution in [-0.4, -0.2) is 27.5 Å². The van der Waals surface area contributed by atoms with E-state index in [0.717, 1.165) is 5.56 Å². The van der Waals surface area contributed by atoms with Crippen LogP contribution in [-0.2, 0) is 21.2 Å². The van der Waals surface area contributed by atoms with E-state index in [2.05, 4.69) is 5.32 Å². The van der Waals surface area contributed by atoms with Gasteiger partial charge in [-0.1, -0.05) is 12.1 Å². The molecule has 0 aromatic heterocycles. The maximum Gasteiger partial charge on any atom is 0.264 e. The molecule has 2 aliphatic heterocycles. The lowest BCUT2D eigenvalue weighted by atomic mass is 10.0. The summed E-state index contributed by atoms with van der Waals surface area (Å²) in [6, 6.07) is 12.0. The zero-order chi connectivity index (χ0) is 16.7. The minimum absolute atomic E-state index is 0.0415. The van der Waals surface area contributed by atoms with Gasteiger partial charge in [0.25, 0.3) is 10.0 Å². The molecule has 1 N–H and O–H groups in total. The monoisotopic (exact) mass is 344 g/mol. The van der Waals surface area contributed by atoms with E-state index < -0.39 is 10.0 Å². The van der Waals surface area contributed by atoms with Crippen LogP contribution in [0.25, 0.3) is 0 Å². The van der Waals surface area contributed by atoms with Crippen molar-refractivity contribution in [3.05, 3.63) is 48.0 Å². The van der Waals surface area contributed by atoms with Crippen LogP contribution >= 0.6 is 0 Å². The Morgan fingerprint density at radius 1 is 1.08 bits per heavy atom. The molecule has 0 unspecified atom stereocenters. The minimum atomic E-state index is -3.68. The highest BCUT2D eigenvalue weighted by Gasteiger charge is 2.30. The molecule has 4 rings (SSSR count). The number of ether oxygens (including phenoxy) is 1. The summed E-state index contributed by atoms with van der Waals surface area (Å²) in [5.74, 6) is 0.526. The molecule has 24 heavy (non-hydrogen) atoms. The highest BCUT2D eigenvalue weighted by Crippen LogP contribution is 2.35. The fourth-order valence-corrected chi connectivity index (χ4v) is 4.55. The Kier molecular flexibility index (Phi) is 3.45. The van der Waals surface area contributed by atoms with Gasteiger partial charge in [0.15, 0.2) is 0 Å². The van der Waals surface area contributed by atoms with E-state index >= 15 is 0 Å². The van der Waals surface area contributed by atoms with Crippen LogP contribution < -0.4 is 14.4 Å². The van der Waals surface area contributed by atoms with E-state index in [1.807, 2.05) is 6.07 Å². The molecule has 0 bridgehead atoms. The summed E-state index contributed by atoms with van der Waals surface area (Å²) in [5.41, 5.74) is 2.08. The summed E-state index contributed by atoms with van der Waals surface area (Å²) in [5, 5.41) is 2.77. The van der Waals surface area contributed by atoms with Gasteiger partial charge in [-0.05, 0) is 42.3 Å². The largest absolute Gasteiger partial charge is 0.489 e. The van der Waals surface area contributed by atoms with Crippen molar-refractivity contribution in [3.63, 3.8) is 0 Å². The van der Waals surface area contributed by atoms with Crippen LogP contribution in [0.2, 0.25) is 0 Å². The van der Waals surface area contributed by atoms with Crippen molar-refractivity contribution < 1.29 is 17.9 Å². The molecule has 7 heteroatoms. The van der Waals surface area contributed by atoms with Gasteiger partial charge in [0, 0.05) is 12.1 Å². The molecule has 2 heterocycles. The molecule has 1 amide bonds. The average Bonchev–Trinajstić information content (AvgIpc) is 2.60. The maximum absolute atomic E-state index is 13.1. The molecule has 0 radical (unpaired) electrons. The number of para-hydroxylation sites is 2. The zero-order valence-corrected chi connectivity index (χ0v) is 13.7. The van der Waals surface area contributed by atoms with Crippen molar-refractivity contribution in [2.75, 3.05) is 22.8 Å². The lowest BCUT2D eigenvalue weighted by Gasteiger charge is -2.30. The first-order chi connectivity index (χ1) is 11.6. The molecule has 124 valence electrons. The highest BCUT2D eigenvalue weighted by atomic mass is 32.2. The molecule has 2 aromatic rings. The molecule has 0 aliphatic carbocycles. The van der Waals surface area contributed by atoms with Gasteiger partial charge in [0.05, 0.1) is 17.1 Å². The van der Waals surface area contributed by atoms with Crippen molar-refractivity contribution >= 4 is 27.3 Å². The Morgan fingerprint density at radius 3 is 2.79 bits per heavy atom. The number of amides is 1. The van der Waals surface area contributed by atoms with Gasteiger partial charge in [0.2, 0.25) is 5.91 Å². The number of fused-ring (bicyclic) bond motifs is 2. The molecule has 0 fully saturated rings. The molecule has 6 nitrogen and oxygen atoms in total. The Labute approximate surface area is 140 Å². The molecule has 2 aliphatic rings. The van der Waals surface area contributed by atoms with E-state index in [1.165, 1.54) is 10.4 Å². The fourth-order valence-electron chi connectivity index (χ4n) is 3.04. The number of carbonyl (C=O) groups excluding carboxylic acids is 1. The highest BCUT2D eigenvalue weighted by molar-refractivity contribution is 7.92. The Hall–Kier alpha value is -2.54. The van der Waals surface area contributed by atoms with E-state index in [-0.39, 0.29) is 17.3 Å². The van der Waals surface area contributed by atoms with Crippen LogP contribution in [0.15, 0.2) is 47.4 Å². The van der Waals surface area contributed by atoms with Crippen molar-refractivity contribution in [1.82, 2.24) is 0 Å². The van der Waals surface area contributed by atoms with Gasteiger partial charge in [-0.25, -0.2) is 8.42 Å². The molecule has 0 saturated carbocycles. The average molecular weight is 344 g/mol. The van der Waals surface area contributed by atoms with E-state index in [4.69, 9.17) is 4.74 Å². The third kappa shape index (κ3) is 2.41. The Balaban J connectivity index is 1.75. The van der Waals surface area contributed by atoms with Crippen molar-refractivity contribution in [3.8, 4) is 5.75 Å². The predicted octanol–water partition coefficient (Wildman–Crippen LogP) is 2.16. The van der Waals surface area contributed by atoms with Crippen molar-refractivity contribution in [1.29, 1.82) is 0 Å². The number of hydrogen-bond donors (Lipinski definition) is 1. The minimum Gasteiger partial charge on any atom is -0.489 e. The van der Waals surface area contributed by atoms with Gasteiger partial charge >= 0.3 is 0 Å². The topological polar surface area (TPSA) is 75.7 Å². The van der Waals surface area contributed by atoms with Crippen molar-refractivity contribution in [2.45, 2.75) is 17.7 Å². The van der Waals surface area contributed by atoms with Gasteiger partial charge in [-0.3, -0.25) is 9.10 Å². The quantitative estimate of drug-likeness (QED) is 0.906. The van der Waals surface area contributed by atoms with Crippen LogP contribution in [0.5, 0.6) is 5.75 Å². The zero-order valence-electron chi connectivity index (χ0n) is 12.9. The number of nitrogens with one attached hydrogen (secondary N) is 1. The third-order valence-electron chi connectivity index (χ3n) is 4.25. The first-order valence-corrected chi connectivity index (χ1v) is 9.17. The summed E-state index contributed by atoms with van der Waals surface area (Å²) in [6.45, 7) is 0.588. The van der Waals surface area contributed by atoms with Gasteiger partial charge in [0.1, 0.15) is 12.4 Å². The summed E-state index contributed by atoms with van der Waals surface area (Å²) < 4.78 is 33.1. The number of carbonyl (C=O) groups is 1. The summed E-state index contributed by atoms with van der Waals surface area (Å²) in [6.07, 6.45) is 0.918. The first-order valence-electron chi connectivity index (χ1n) is 7.73. The number of hydrogen-bond acceptors (Lipinski definition) is 4. The normalized spacial score (nSPS) is 16.7. The van der Waals surface area contributed by atoms with Crippen LogP contribution in [0.1, 0.15) is 12.0 Å². The number of nitrogens with zero attached hydrogens (tertiary/aromatic N) is 1. The Morgan fingerprint density at radius 2 is 1.92 bits per heavy atom. The second kappa shape index (κ2) is 5.52. The van der Waals surface area contributed by atoms with Crippen LogP contribution in [0.4, 0.5) is 11.4 Å². The van der Waals surface area contributed by atoms with Crippen LogP contribution in [0, 0.1) is 0 Å². The van der Waals surface area contributed by atoms with E-state index in [9.17, 15) is 13.2 Å². The Bertz CT molecular complexity index is 924. The number of aryl methyl sites for hydroxylation is 1. The van der Waals surface area contributed by atoms with Gasteiger partial charge in [-0.2, -0.15) is 0 Å². The standard InChI is InChI=1S/C17H16N2O4S/c20-17-8-5-12-11-13(6-7-14(12)18-17)24(21,22)19-9-10-23-16-4-2-1-3-15(16)19/h1-4,6-7,11H,5,8-10H2,(H,18,20).